The molecule has 0 aliphatic rings. The Balaban J connectivity index is 2.35. The van der Waals surface area contributed by atoms with Gasteiger partial charge < -0.3 is 5.11 Å². The number of nitrogens with zero attached hydrogens (tertiary/aromatic N) is 1. The minimum Gasteiger partial charge on any atom is -0.477 e. The zero-order valence-electron chi connectivity index (χ0n) is 10.8. The maximum Gasteiger partial charge on any atom is 0.353 e. The van der Waals surface area contributed by atoms with Crippen LogP contribution in [0.1, 0.15) is 42.2 Å². The molecular formula is C14H15ClN2O2. The SMILES string of the molecule is CCC(C)c1ccc(-c2cc(C(=O)O)[nH]n2)cc1Cl. The number of hydrogen-bond donors (Lipinski definition) is 2. The smallest absolute Gasteiger partial charge is 0.353 e. The second kappa shape index (κ2) is 5.45. The number of carboxylic acids is 1. The summed E-state index contributed by atoms with van der Waals surface area (Å²) in [5.74, 6) is -0.628. The molecule has 0 spiro atoms. The molecule has 1 aromatic heterocycles. The van der Waals surface area contributed by atoms with E-state index in [-0.39, 0.29) is 5.69 Å². The van der Waals surface area contributed by atoms with Gasteiger partial charge in [0, 0.05) is 10.6 Å². The summed E-state index contributed by atoms with van der Waals surface area (Å²) < 4.78 is 0. The maximum absolute atomic E-state index is 10.8. The molecule has 1 aromatic carbocycles. The van der Waals surface area contributed by atoms with Crippen LogP contribution in [0.15, 0.2) is 24.3 Å². The predicted molar refractivity (Wildman–Crippen MR) is 74.7 cm³/mol. The summed E-state index contributed by atoms with van der Waals surface area (Å²) in [7, 11) is 0. The Labute approximate surface area is 116 Å². The molecule has 1 unspecified atom stereocenters. The van der Waals surface area contributed by atoms with Crippen LogP contribution in [0.4, 0.5) is 0 Å². The molecule has 2 N–H and O–H groups in total. The third-order valence-electron chi connectivity index (χ3n) is 3.25. The van der Waals surface area contributed by atoms with Crippen molar-refractivity contribution >= 4 is 17.6 Å². The van der Waals surface area contributed by atoms with E-state index in [0.717, 1.165) is 17.5 Å². The van der Waals surface area contributed by atoms with Gasteiger partial charge in [0.15, 0.2) is 0 Å². The van der Waals surface area contributed by atoms with Crippen LogP contribution in [0.5, 0.6) is 0 Å². The molecular weight excluding hydrogens is 264 g/mol. The van der Waals surface area contributed by atoms with Crippen LogP contribution in [-0.4, -0.2) is 21.3 Å². The third-order valence-corrected chi connectivity index (χ3v) is 3.58. The summed E-state index contributed by atoms with van der Waals surface area (Å²) in [5.41, 5.74) is 2.55. The Morgan fingerprint density at radius 2 is 2.21 bits per heavy atom. The second-order valence-corrected chi connectivity index (χ2v) is 4.92. The van der Waals surface area contributed by atoms with Gasteiger partial charge in [-0.25, -0.2) is 4.79 Å². The van der Waals surface area contributed by atoms with Gasteiger partial charge in [-0.15, -0.1) is 0 Å². The van der Waals surface area contributed by atoms with Crippen LogP contribution in [0, 0.1) is 0 Å². The fraction of sp³-hybridized carbons (Fsp3) is 0.286. The molecule has 19 heavy (non-hydrogen) atoms. The second-order valence-electron chi connectivity index (χ2n) is 4.52. The van der Waals surface area contributed by atoms with Crippen molar-refractivity contribution in [2.45, 2.75) is 26.2 Å². The number of hydrogen-bond acceptors (Lipinski definition) is 2. The van der Waals surface area contributed by atoms with Crippen molar-refractivity contribution < 1.29 is 9.90 Å². The number of aromatic nitrogens is 2. The van der Waals surface area contributed by atoms with Crippen LogP contribution in [0.2, 0.25) is 5.02 Å². The lowest BCUT2D eigenvalue weighted by Crippen LogP contribution is -1.95. The van der Waals surface area contributed by atoms with Gasteiger partial charge in [0.1, 0.15) is 5.69 Å². The van der Waals surface area contributed by atoms with E-state index in [9.17, 15) is 4.79 Å². The minimum absolute atomic E-state index is 0.0668. The third kappa shape index (κ3) is 2.79. The molecule has 0 saturated heterocycles. The van der Waals surface area contributed by atoms with Crippen molar-refractivity contribution in [2.24, 2.45) is 0 Å². The maximum atomic E-state index is 10.8. The Bertz CT molecular complexity index is 607. The number of H-pyrrole nitrogens is 1. The molecule has 0 bridgehead atoms. The van der Waals surface area contributed by atoms with E-state index in [1.54, 1.807) is 0 Å². The Morgan fingerprint density at radius 3 is 2.74 bits per heavy atom. The van der Waals surface area contributed by atoms with Gasteiger partial charge in [-0.3, -0.25) is 5.10 Å². The summed E-state index contributed by atoms with van der Waals surface area (Å²) in [6.45, 7) is 4.24. The Kier molecular flexibility index (Phi) is 3.90. The van der Waals surface area contributed by atoms with E-state index in [4.69, 9.17) is 16.7 Å². The summed E-state index contributed by atoms with van der Waals surface area (Å²) >= 11 is 6.27. The van der Waals surface area contributed by atoms with E-state index >= 15 is 0 Å². The molecule has 4 nitrogen and oxygen atoms in total. The van der Waals surface area contributed by atoms with Crippen molar-refractivity contribution in [2.75, 3.05) is 0 Å². The lowest BCUT2D eigenvalue weighted by molar-refractivity contribution is 0.0690. The number of benzene rings is 1. The zero-order valence-corrected chi connectivity index (χ0v) is 11.5. The molecule has 0 aliphatic heterocycles. The number of aromatic carboxylic acids is 1. The lowest BCUT2D eigenvalue weighted by Gasteiger charge is -2.11. The molecule has 100 valence electrons. The predicted octanol–water partition coefficient (Wildman–Crippen LogP) is 3.94. The molecule has 2 rings (SSSR count). The number of carbonyl (C=O) groups is 1. The van der Waals surface area contributed by atoms with Gasteiger partial charge in [-0.2, -0.15) is 5.10 Å². The molecule has 1 atom stereocenters. The Hall–Kier alpha value is -1.81. The van der Waals surface area contributed by atoms with E-state index in [2.05, 4.69) is 24.0 Å². The molecule has 0 radical (unpaired) electrons. The quantitative estimate of drug-likeness (QED) is 0.890. The highest BCUT2D eigenvalue weighted by Crippen LogP contribution is 2.30. The first-order chi connectivity index (χ1) is 9.02. The van der Waals surface area contributed by atoms with Crippen LogP contribution in [-0.2, 0) is 0 Å². The molecule has 0 fully saturated rings. The van der Waals surface area contributed by atoms with Gasteiger partial charge in [0.05, 0.1) is 5.69 Å². The largest absolute Gasteiger partial charge is 0.477 e. The lowest BCUT2D eigenvalue weighted by atomic mass is 9.97. The molecule has 2 aromatic rings. The molecule has 5 heteroatoms. The monoisotopic (exact) mass is 278 g/mol. The molecule has 0 amide bonds. The number of carboxylic acid groups (broad SMARTS) is 1. The van der Waals surface area contributed by atoms with Crippen LogP contribution in [0.3, 0.4) is 0 Å². The molecule has 0 aliphatic carbocycles. The van der Waals surface area contributed by atoms with Crippen LogP contribution < -0.4 is 0 Å². The summed E-state index contributed by atoms with van der Waals surface area (Å²) in [4.78, 5) is 10.8. The van der Waals surface area contributed by atoms with Crippen LogP contribution in [0.25, 0.3) is 11.3 Å². The van der Waals surface area contributed by atoms with Gasteiger partial charge >= 0.3 is 5.97 Å². The number of nitrogens with one attached hydrogen (secondary N) is 1. The van der Waals surface area contributed by atoms with Gasteiger partial charge in [0.25, 0.3) is 0 Å². The Morgan fingerprint density at radius 1 is 1.47 bits per heavy atom. The first kappa shape index (κ1) is 13.6. The van der Waals surface area contributed by atoms with E-state index in [1.165, 1.54) is 6.07 Å². The first-order valence-corrected chi connectivity index (χ1v) is 6.49. The highest BCUT2D eigenvalue weighted by Gasteiger charge is 2.12. The van der Waals surface area contributed by atoms with Crippen molar-refractivity contribution in [1.82, 2.24) is 10.2 Å². The molecule has 0 saturated carbocycles. The zero-order chi connectivity index (χ0) is 14.0. The standard InChI is InChI=1S/C14H15ClN2O2/c1-3-8(2)10-5-4-9(6-11(10)15)12-7-13(14(18)19)17-16-12/h4-8H,3H2,1-2H3,(H,16,17)(H,18,19). The minimum atomic E-state index is -1.03. The molecule has 1 heterocycles. The van der Waals surface area contributed by atoms with Crippen molar-refractivity contribution in [1.29, 1.82) is 0 Å². The van der Waals surface area contributed by atoms with Crippen molar-refractivity contribution in [3.8, 4) is 11.3 Å². The highest BCUT2D eigenvalue weighted by atomic mass is 35.5. The number of rotatable bonds is 4. The topological polar surface area (TPSA) is 66.0 Å². The normalized spacial score (nSPS) is 12.4. The van der Waals surface area contributed by atoms with Gasteiger partial charge in [-0.05, 0) is 30.0 Å². The number of halogens is 1. The van der Waals surface area contributed by atoms with E-state index < -0.39 is 5.97 Å². The summed E-state index contributed by atoms with van der Waals surface area (Å²) in [5, 5.41) is 16.0. The van der Waals surface area contributed by atoms with Gasteiger partial charge in [0.2, 0.25) is 0 Å². The summed E-state index contributed by atoms with van der Waals surface area (Å²) in [6, 6.07) is 7.21. The summed E-state index contributed by atoms with van der Waals surface area (Å²) in [6.07, 6.45) is 1.02. The van der Waals surface area contributed by atoms with Crippen molar-refractivity contribution in [3.63, 3.8) is 0 Å². The van der Waals surface area contributed by atoms with Crippen LogP contribution >= 0.6 is 11.6 Å². The first-order valence-electron chi connectivity index (χ1n) is 6.11. The van der Waals surface area contributed by atoms with Crippen molar-refractivity contribution in [3.05, 3.63) is 40.5 Å². The fourth-order valence-electron chi connectivity index (χ4n) is 1.89. The average Bonchev–Trinajstić information content (AvgIpc) is 2.87. The van der Waals surface area contributed by atoms with E-state index in [1.807, 2.05) is 18.2 Å². The fourth-order valence-corrected chi connectivity index (χ4v) is 2.25. The highest BCUT2D eigenvalue weighted by molar-refractivity contribution is 6.31. The number of aromatic amines is 1. The van der Waals surface area contributed by atoms with Gasteiger partial charge in [-0.1, -0.05) is 37.6 Å². The average molecular weight is 279 g/mol. The van der Waals surface area contributed by atoms with E-state index in [0.29, 0.717) is 16.6 Å².